The molecule has 6 nitrogen and oxygen atoms in total. The molecule has 152 valence electrons. The Bertz CT molecular complexity index is 979. The van der Waals surface area contributed by atoms with Gasteiger partial charge in [-0.15, -0.1) is 0 Å². The molecule has 3 aromatic rings. The average Bonchev–Trinajstić information content (AvgIpc) is 2.67. The first-order valence-corrected chi connectivity index (χ1v) is 9.51. The molecule has 0 radical (unpaired) electrons. The van der Waals surface area contributed by atoms with Crippen LogP contribution >= 0.6 is 0 Å². The quantitative estimate of drug-likeness (QED) is 0.570. The van der Waals surface area contributed by atoms with Crippen molar-refractivity contribution < 1.29 is 9.47 Å². The van der Waals surface area contributed by atoms with E-state index in [-0.39, 0.29) is 5.41 Å². The molecule has 0 saturated heterocycles. The number of anilines is 4. The van der Waals surface area contributed by atoms with Crippen molar-refractivity contribution in [1.82, 2.24) is 9.97 Å². The largest absolute Gasteiger partial charge is 0.497 e. The number of rotatable bonds is 6. The second-order valence-electron chi connectivity index (χ2n) is 7.86. The van der Waals surface area contributed by atoms with Crippen LogP contribution in [0.15, 0.2) is 48.5 Å². The molecular formula is C23H28N4O2. The monoisotopic (exact) mass is 392 g/mol. The van der Waals surface area contributed by atoms with E-state index in [0.717, 1.165) is 22.8 Å². The number of nitrogens with one attached hydrogen (secondary N) is 2. The van der Waals surface area contributed by atoms with Crippen molar-refractivity contribution in [3.8, 4) is 11.5 Å². The van der Waals surface area contributed by atoms with Gasteiger partial charge in [0.05, 0.1) is 19.9 Å². The summed E-state index contributed by atoms with van der Waals surface area (Å²) in [6, 6.07) is 15.8. The van der Waals surface area contributed by atoms with E-state index in [1.165, 1.54) is 5.56 Å². The second-order valence-corrected chi connectivity index (χ2v) is 7.86. The van der Waals surface area contributed by atoms with Crippen LogP contribution in [0.1, 0.15) is 32.0 Å². The fraction of sp³-hybridized carbons (Fsp3) is 0.304. The van der Waals surface area contributed by atoms with Crippen LogP contribution in [0, 0.1) is 6.92 Å². The van der Waals surface area contributed by atoms with Gasteiger partial charge in [-0.1, -0.05) is 32.9 Å². The van der Waals surface area contributed by atoms with Crippen molar-refractivity contribution in [3.63, 3.8) is 0 Å². The minimum atomic E-state index is 0.122. The van der Waals surface area contributed by atoms with Gasteiger partial charge >= 0.3 is 0 Å². The smallest absolute Gasteiger partial charge is 0.229 e. The van der Waals surface area contributed by atoms with Gasteiger partial charge < -0.3 is 20.1 Å². The summed E-state index contributed by atoms with van der Waals surface area (Å²) in [6.45, 7) is 8.54. The first-order valence-electron chi connectivity index (χ1n) is 9.51. The summed E-state index contributed by atoms with van der Waals surface area (Å²) in [5, 5.41) is 6.58. The molecule has 2 aromatic carbocycles. The molecule has 2 N–H and O–H groups in total. The Balaban J connectivity index is 1.83. The molecule has 0 aliphatic rings. The van der Waals surface area contributed by atoms with Crippen LogP contribution in [0.3, 0.4) is 0 Å². The van der Waals surface area contributed by atoms with E-state index >= 15 is 0 Å². The first kappa shape index (κ1) is 20.5. The zero-order chi connectivity index (χ0) is 21.0. The molecule has 0 atom stereocenters. The predicted octanol–water partition coefficient (Wildman–Crippen LogP) is 5.59. The highest BCUT2D eigenvalue weighted by Gasteiger charge is 2.13. The molecule has 0 aliphatic heterocycles. The van der Waals surface area contributed by atoms with Crippen LogP contribution < -0.4 is 20.1 Å². The Morgan fingerprint density at radius 1 is 0.828 bits per heavy atom. The van der Waals surface area contributed by atoms with Crippen LogP contribution in [0.5, 0.6) is 11.5 Å². The van der Waals surface area contributed by atoms with Gasteiger partial charge in [0, 0.05) is 23.5 Å². The Morgan fingerprint density at radius 2 is 1.55 bits per heavy atom. The molecule has 29 heavy (non-hydrogen) atoms. The molecule has 1 aromatic heterocycles. The van der Waals surface area contributed by atoms with Gasteiger partial charge in [0.1, 0.15) is 17.3 Å². The number of nitrogens with zero attached hydrogens (tertiary/aromatic N) is 2. The molecular weight excluding hydrogens is 364 g/mol. The fourth-order valence-corrected chi connectivity index (χ4v) is 2.92. The van der Waals surface area contributed by atoms with Crippen LogP contribution in [0.4, 0.5) is 23.1 Å². The average molecular weight is 393 g/mol. The van der Waals surface area contributed by atoms with Crippen molar-refractivity contribution in [2.24, 2.45) is 0 Å². The second kappa shape index (κ2) is 8.39. The number of aromatic nitrogens is 2. The molecule has 6 heteroatoms. The van der Waals surface area contributed by atoms with E-state index in [1.807, 2.05) is 31.2 Å². The third kappa shape index (κ3) is 5.16. The van der Waals surface area contributed by atoms with Crippen molar-refractivity contribution in [3.05, 3.63) is 59.8 Å². The summed E-state index contributed by atoms with van der Waals surface area (Å²) in [5.74, 6) is 2.59. The van der Waals surface area contributed by atoms with Gasteiger partial charge in [-0.2, -0.15) is 4.98 Å². The Labute approximate surface area is 172 Å². The lowest BCUT2D eigenvalue weighted by Gasteiger charge is -2.19. The van der Waals surface area contributed by atoms with E-state index in [4.69, 9.17) is 9.47 Å². The lowest BCUT2D eigenvalue weighted by molar-refractivity contribution is 0.405. The Hall–Kier alpha value is -3.28. The standard InChI is InChI=1S/C23H28N4O2/c1-15-13-21(25-17-9-7-16(8-10-17)23(2,3)4)27-22(24-15)26-19-14-18(28-5)11-12-20(19)29-6/h7-14H,1-6H3,(H2,24,25,26,27). The van der Waals surface area contributed by atoms with Gasteiger partial charge in [0.2, 0.25) is 5.95 Å². The number of hydrogen-bond acceptors (Lipinski definition) is 6. The normalized spacial score (nSPS) is 11.1. The zero-order valence-corrected chi connectivity index (χ0v) is 17.8. The molecule has 0 unspecified atom stereocenters. The molecule has 0 bridgehead atoms. The number of benzene rings is 2. The molecule has 0 saturated carbocycles. The zero-order valence-electron chi connectivity index (χ0n) is 17.8. The van der Waals surface area contributed by atoms with Gasteiger partial charge in [-0.05, 0) is 42.2 Å². The van der Waals surface area contributed by atoms with Crippen LogP contribution in [-0.4, -0.2) is 24.2 Å². The van der Waals surface area contributed by atoms with Crippen molar-refractivity contribution in [1.29, 1.82) is 0 Å². The number of hydrogen-bond donors (Lipinski definition) is 2. The summed E-state index contributed by atoms with van der Waals surface area (Å²) in [7, 11) is 3.25. The maximum absolute atomic E-state index is 5.42. The maximum atomic E-state index is 5.42. The highest BCUT2D eigenvalue weighted by atomic mass is 16.5. The van der Waals surface area contributed by atoms with E-state index in [9.17, 15) is 0 Å². The third-order valence-electron chi connectivity index (χ3n) is 4.53. The predicted molar refractivity (Wildman–Crippen MR) is 118 cm³/mol. The summed E-state index contributed by atoms with van der Waals surface area (Å²) in [6.07, 6.45) is 0. The molecule has 1 heterocycles. The lowest BCUT2D eigenvalue weighted by Crippen LogP contribution is -2.10. The van der Waals surface area contributed by atoms with Crippen molar-refractivity contribution in [2.45, 2.75) is 33.1 Å². The first-order chi connectivity index (χ1) is 13.8. The van der Waals surface area contributed by atoms with Crippen molar-refractivity contribution in [2.75, 3.05) is 24.9 Å². The molecule has 0 aliphatic carbocycles. The minimum absolute atomic E-state index is 0.122. The summed E-state index contributed by atoms with van der Waals surface area (Å²) in [4.78, 5) is 9.09. The summed E-state index contributed by atoms with van der Waals surface area (Å²) in [5.41, 5.74) is 3.96. The molecule has 0 amide bonds. The SMILES string of the molecule is COc1ccc(OC)c(Nc2nc(C)cc(Nc3ccc(C(C)(C)C)cc3)n2)c1. The van der Waals surface area contributed by atoms with E-state index in [0.29, 0.717) is 17.5 Å². The van der Waals surface area contributed by atoms with Gasteiger partial charge in [-0.25, -0.2) is 4.98 Å². The Kier molecular flexibility index (Phi) is 5.92. The summed E-state index contributed by atoms with van der Waals surface area (Å²) >= 11 is 0. The highest BCUT2D eigenvalue weighted by Crippen LogP contribution is 2.31. The lowest BCUT2D eigenvalue weighted by atomic mass is 9.87. The van der Waals surface area contributed by atoms with Gasteiger partial charge in [0.25, 0.3) is 0 Å². The van der Waals surface area contributed by atoms with Crippen molar-refractivity contribution >= 4 is 23.1 Å². The number of aryl methyl sites for hydroxylation is 1. The van der Waals surface area contributed by atoms with Crippen LogP contribution in [0.2, 0.25) is 0 Å². The van der Waals surface area contributed by atoms with Gasteiger partial charge in [0.15, 0.2) is 0 Å². The van der Waals surface area contributed by atoms with E-state index in [1.54, 1.807) is 14.2 Å². The van der Waals surface area contributed by atoms with E-state index in [2.05, 4.69) is 65.6 Å². The third-order valence-corrected chi connectivity index (χ3v) is 4.53. The molecule has 3 rings (SSSR count). The number of ether oxygens (including phenoxy) is 2. The van der Waals surface area contributed by atoms with Crippen LogP contribution in [-0.2, 0) is 5.41 Å². The fourth-order valence-electron chi connectivity index (χ4n) is 2.92. The molecule has 0 fully saturated rings. The summed E-state index contributed by atoms with van der Waals surface area (Å²) < 4.78 is 10.7. The topological polar surface area (TPSA) is 68.3 Å². The highest BCUT2D eigenvalue weighted by molar-refractivity contribution is 5.66. The van der Waals surface area contributed by atoms with Crippen LogP contribution in [0.25, 0.3) is 0 Å². The van der Waals surface area contributed by atoms with Gasteiger partial charge in [-0.3, -0.25) is 0 Å². The van der Waals surface area contributed by atoms with E-state index < -0.39 is 0 Å². The number of methoxy groups -OCH3 is 2. The maximum Gasteiger partial charge on any atom is 0.229 e. The Morgan fingerprint density at radius 3 is 2.17 bits per heavy atom. The molecule has 0 spiro atoms. The minimum Gasteiger partial charge on any atom is -0.497 e.